The Bertz CT molecular complexity index is 606. The minimum absolute atomic E-state index is 0.0738. The number of ether oxygens (including phenoxy) is 2. The van der Waals surface area contributed by atoms with E-state index in [1.807, 2.05) is 0 Å². The number of hydrogen-bond donors (Lipinski definition) is 0. The maximum Gasteiger partial charge on any atom is 0.406 e. The van der Waals surface area contributed by atoms with Gasteiger partial charge in [-0.1, -0.05) is 6.08 Å². The Balaban J connectivity index is 1.45. The molecule has 0 N–H and O–H groups in total. The van der Waals surface area contributed by atoms with Crippen LogP contribution in [0.1, 0.15) is 25.7 Å². The Morgan fingerprint density at radius 2 is 1.88 bits per heavy atom. The summed E-state index contributed by atoms with van der Waals surface area (Å²) in [5, 5.41) is 0. The fraction of sp³-hybridized carbons (Fsp3) is 0.765. The summed E-state index contributed by atoms with van der Waals surface area (Å²) in [5.74, 6) is 1.22. The molecule has 8 heteroatoms. The molecule has 0 aromatic carbocycles. The van der Waals surface area contributed by atoms with Gasteiger partial charge in [0, 0.05) is 11.3 Å². The smallest absolute Gasteiger partial charge is 0.406 e. The Labute approximate surface area is 140 Å². The molecule has 140 valence electrons. The molecule has 2 saturated carbocycles. The van der Waals surface area contributed by atoms with Gasteiger partial charge in [-0.15, -0.1) is 0 Å². The zero-order valence-corrected chi connectivity index (χ0v) is 13.3. The summed E-state index contributed by atoms with van der Waals surface area (Å²) in [6.07, 6.45) is -6.98. The first-order valence-electron chi connectivity index (χ1n) is 8.35. The molecule has 3 fully saturated rings. The van der Waals surface area contributed by atoms with Crippen molar-refractivity contribution in [3.05, 3.63) is 24.0 Å². The van der Waals surface area contributed by atoms with Crippen LogP contribution in [0.15, 0.2) is 24.0 Å². The lowest BCUT2D eigenvalue weighted by molar-refractivity contribution is -0.320. The van der Waals surface area contributed by atoms with Crippen molar-refractivity contribution in [1.29, 1.82) is 0 Å². The van der Waals surface area contributed by atoms with E-state index in [-0.39, 0.29) is 30.0 Å². The minimum atomic E-state index is -5.40. The third-order valence-corrected chi connectivity index (χ3v) is 6.44. The van der Waals surface area contributed by atoms with E-state index < -0.39 is 24.2 Å². The van der Waals surface area contributed by atoms with Crippen molar-refractivity contribution in [1.82, 2.24) is 0 Å². The number of hydrogen-bond acceptors (Lipinski definition) is 2. The first kappa shape index (κ1) is 17.2. The summed E-state index contributed by atoms with van der Waals surface area (Å²) < 4.78 is 89.4. The Kier molecular flexibility index (Phi) is 3.57. The van der Waals surface area contributed by atoms with Crippen LogP contribution in [0.4, 0.5) is 26.3 Å². The van der Waals surface area contributed by atoms with Crippen LogP contribution in [0, 0.1) is 22.7 Å². The van der Waals surface area contributed by atoms with Gasteiger partial charge in [0.25, 0.3) is 0 Å². The average Bonchev–Trinajstić information content (AvgIpc) is 2.94. The summed E-state index contributed by atoms with van der Waals surface area (Å²) in [7, 11) is 0. The number of fused-ring (bicyclic) bond motifs is 5. The molecule has 4 unspecified atom stereocenters. The third-order valence-electron chi connectivity index (χ3n) is 6.44. The normalized spacial score (nSPS) is 39.0. The van der Waals surface area contributed by atoms with Gasteiger partial charge in [0.05, 0.1) is 19.3 Å². The molecule has 0 amide bonds. The second-order valence-corrected chi connectivity index (χ2v) is 7.68. The molecule has 25 heavy (non-hydrogen) atoms. The van der Waals surface area contributed by atoms with Gasteiger partial charge in [-0.05, 0) is 43.8 Å². The van der Waals surface area contributed by atoms with Crippen LogP contribution in [0.2, 0.25) is 0 Å². The van der Waals surface area contributed by atoms with Crippen LogP contribution in [-0.2, 0) is 9.47 Å². The highest BCUT2D eigenvalue weighted by molar-refractivity contribution is 5.26. The molecule has 0 radical (unpaired) electrons. The van der Waals surface area contributed by atoms with Crippen molar-refractivity contribution in [2.75, 3.05) is 13.2 Å². The predicted molar refractivity (Wildman–Crippen MR) is 75.3 cm³/mol. The highest BCUT2D eigenvalue weighted by Crippen LogP contribution is 2.62. The van der Waals surface area contributed by atoms with Gasteiger partial charge in [0.1, 0.15) is 5.76 Å². The van der Waals surface area contributed by atoms with Crippen LogP contribution >= 0.6 is 0 Å². The van der Waals surface area contributed by atoms with E-state index in [4.69, 9.17) is 9.47 Å². The summed E-state index contributed by atoms with van der Waals surface area (Å²) in [4.78, 5) is 0. The lowest BCUT2D eigenvalue weighted by atomic mass is 9.75. The molecular formula is C17H18F6O2. The number of rotatable bonds is 3. The number of halogens is 6. The molecule has 4 rings (SSSR count). The van der Waals surface area contributed by atoms with E-state index in [1.165, 1.54) is 0 Å². The van der Waals surface area contributed by atoms with Gasteiger partial charge in [0.15, 0.2) is 5.41 Å². The highest BCUT2D eigenvalue weighted by Gasteiger charge is 2.69. The largest absolute Gasteiger partial charge is 0.493 e. The molecule has 0 spiro atoms. The second kappa shape index (κ2) is 5.18. The number of alkyl halides is 6. The van der Waals surface area contributed by atoms with Gasteiger partial charge in [-0.3, -0.25) is 0 Å². The SMILES string of the molecule is FC(F)(F)C1(C(F)(F)F)C=CC(OCC23CCC(C2)C2COC23)=CC1. The molecule has 2 bridgehead atoms. The lowest BCUT2D eigenvalue weighted by Gasteiger charge is -2.46. The topological polar surface area (TPSA) is 18.5 Å². The van der Waals surface area contributed by atoms with E-state index in [1.54, 1.807) is 0 Å². The van der Waals surface area contributed by atoms with Crippen molar-refractivity contribution in [2.24, 2.45) is 22.7 Å². The molecule has 1 saturated heterocycles. The Morgan fingerprint density at radius 1 is 1.16 bits per heavy atom. The van der Waals surface area contributed by atoms with Crippen molar-refractivity contribution >= 4 is 0 Å². The third kappa shape index (κ3) is 2.35. The van der Waals surface area contributed by atoms with Gasteiger partial charge in [-0.25, -0.2) is 0 Å². The maximum atomic E-state index is 13.0. The molecule has 1 heterocycles. The van der Waals surface area contributed by atoms with Crippen molar-refractivity contribution in [2.45, 2.75) is 44.1 Å². The molecule has 3 aliphatic carbocycles. The van der Waals surface area contributed by atoms with Gasteiger partial charge < -0.3 is 9.47 Å². The fourth-order valence-corrected chi connectivity index (χ4v) is 4.89. The fourth-order valence-electron chi connectivity index (χ4n) is 4.89. The van der Waals surface area contributed by atoms with Crippen LogP contribution in [-0.4, -0.2) is 31.7 Å². The zero-order valence-electron chi connectivity index (χ0n) is 13.3. The maximum absolute atomic E-state index is 13.0. The molecular weight excluding hydrogens is 350 g/mol. The molecule has 1 aliphatic heterocycles. The quantitative estimate of drug-likeness (QED) is 0.668. The predicted octanol–water partition coefficient (Wildman–Crippen LogP) is 4.77. The van der Waals surface area contributed by atoms with E-state index in [2.05, 4.69) is 0 Å². The van der Waals surface area contributed by atoms with Crippen LogP contribution < -0.4 is 0 Å². The highest BCUT2D eigenvalue weighted by atomic mass is 19.4. The minimum Gasteiger partial charge on any atom is -0.493 e. The zero-order chi connectivity index (χ0) is 18.1. The first-order valence-corrected chi connectivity index (χ1v) is 8.35. The summed E-state index contributed by atoms with van der Waals surface area (Å²) in [5.41, 5.74) is -3.97. The van der Waals surface area contributed by atoms with E-state index >= 15 is 0 Å². The van der Waals surface area contributed by atoms with Crippen molar-refractivity contribution < 1.29 is 35.8 Å². The molecule has 0 aromatic heterocycles. The van der Waals surface area contributed by atoms with Gasteiger partial charge in [-0.2, -0.15) is 26.3 Å². The molecule has 0 aromatic rings. The van der Waals surface area contributed by atoms with Crippen molar-refractivity contribution in [3.8, 4) is 0 Å². The summed E-state index contributed by atoms with van der Waals surface area (Å²) in [6, 6.07) is 0. The molecule has 2 nitrogen and oxygen atoms in total. The first-order chi connectivity index (χ1) is 11.6. The lowest BCUT2D eigenvalue weighted by Crippen LogP contribution is -2.51. The monoisotopic (exact) mass is 368 g/mol. The van der Waals surface area contributed by atoms with E-state index in [9.17, 15) is 26.3 Å². The Morgan fingerprint density at radius 3 is 2.36 bits per heavy atom. The Hall–Kier alpha value is -1.18. The van der Waals surface area contributed by atoms with E-state index in [0.717, 1.165) is 38.0 Å². The van der Waals surface area contributed by atoms with Crippen molar-refractivity contribution in [3.63, 3.8) is 0 Å². The summed E-state index contributed by atoms with van der Waals surface area (Å²) >= 11 is 0. The summed E-state index contributed by atoms with van der Waals surface area (Å²) in [6.45, 7) is 1.03. The molecule has 4 atom stereocenters. The van der Waals surface area contributed by atoms with Crippen LogP contribution in [0.3, 0.4) is 0 Å². The van der Waals surface area contributed by atoms with Crippen LogP contribution in [0.5, 0.6) is 0 Å². The number of allylic oxidation sites excluding steroid dienone is 3. The van der Waals surface area contributed by atoms with Gasteiger partial charge in [0.2, 0.25) is 0 Å². The van der Waals surface area contributed by atoms with Crippen LogP contribution in [0.25, 0.3) is 0 Å². The average molecular weight is 368 g/mol. The van der Waals surface area contributed by atoms with E-state index in [0.29, 0.717) is 11.8 Å². The second-order valence-electron chi connectivity index (χ2n) is 7.68. The van der Waals surface area contributed by atoms with Gasteiger partial charge >= 0.3 is 12.4 Å². The molecule has 4 aliphatic rings. The standard InChI is InChI=1S/C17H18F6O2/c18-16(19,20)15(17(21,22)23)5-2-11(3-6-15)25-9-14-4-1-10(7-14)12-8-24-13(12)14/h2-3,5,10,12-13H,1,4,6-9H2.